The van der Waals surface area contributed by atoms with Gasteiger partial charge in [0.05, 0.1) is 5.92 Å². The summed E-state index contributed by atoms with van der Waals surface area (Å²) in [4.78, 5) is 30.5. The minimum atomic E-state index is -0.834. The first-order chi connectivity index (χ1) is 16.1. The molecule has 1 aromatic heterocycles. The topological polar surface area (TPSA) is 84.7 Å². The molecule has 2 aromatic carbocycles. The van der Waals surface area contributed by atoms with Gasteiger partial charge in [0, 0.05) is 38.2 Å². The SMILES string of the molecule is O=C(O)C1CCCN(C(=O)c2cn3c(n2)CCC(c2ccc(Oc4ccccc4)cc2)C3)C1. The Morgan fingerprint density at radius 3 is 2.48 bits per heavy atom. The van der Waals surface area contributed by atoms with Crippen molar-refractivity contribution >= 4 is 11.9 Å². The number of aromatic nitrogens is 2. The number of carbonyl (C=O) groups is 2. The molecule has 2 atom stereocenters. The number of piperidine rings is 1. The number of fused-ring (bicyclic) bond motifs is 1. The van der Waals surface area contributed by atoms with Gasteiger partial charge in [-0.1, -0.05) is 30.3 Å². The zero-order valence-electron chi connectivity index (χ0n) is 18.4. The molecule has 0 aliphatic carbocycles. The number of carboxylic acids is 1. The summed E-state index contributed by atoms with van der Waals surface area (Å²) < 4.78 is 7.97. The highest BCUT2D eigenvalue weighted by Gasteiger charge is 2.31. The van der Waals surface area contributed by atoms with Crippen LogP contribution in [-0.2, 0) is 17.8 Å². The number of amides is 1. The van der Waals surface area contributed by atoms with Gasteiger partial charge in [0.25, 0.3) is 5.91 Å². The Kier molecular flexibility index (Phi) is 5.86. The van der Waals surface area contributed by atoms with Crippen LogP contribution in [0.3, 0.4) is 0 Å². The summed E-state index contributed by atoms with van der Waals surface area (Å²) in [5.74, 6) is 1.39. The molecular weight excluding hydrogens is 418 g/mol. The molecule has 7 nitrogen and oxygen atoms in total. The third kappa shape index (κ3) is 4.62. The predicted molar refractivity (Wildman–Crippen MR) is 123 cm³/mol. The Morgan fingerprint density at radius 2 is 1.73 bits per heavy atom. The number of imidazole rings is 1. The zero-order chi connectivity index (χ0) is 22.8. The van der Waals surface area contributed by atoms with E-state index < -0.39 is 11.9 Å². The molecule has 0 radical (unpaired) electrons. The lowest BCUT2D eigenvalue weighted by molar-refractivity contribution is -0.143. The van der Waals surface area contributed by atoms with Crippen molar-refractivity contribution < 1.29 is 19.4 Å². The zero-order valence-corrected chi connectivity index (χ0v) is 18.4. The molecule has 3 aromatic rings. The molecule has 2 aliphatic rings. The van der Waals surface area contributed by atoms with Gasteiger partial charge in [0.2, 0.25) is 0 Å². The van der Waals surface area contributed by atoms with E-state index in [1.54, 1.807) is 4.90 Å². The minimum absolute atomic E-state index is 0.165. The van der Waals surface area contributed by atoms with Crippen LogP contribution in [0.2, 0.25) is 0 Å². The van der Waals surface area contributed by atoms with Crippen molar-refractivity contribution in [3.8, 4) is 11.5 Å². The number of hydrogen-bond donors (Lipinski definition) is 1. The average molecular weight is 446 g/mol. The predicted octanol–water partition coefficient (Wildman–Crippen LogP) is 4.34. The third-order valence-corrected chi connectivity index (χ3v) is 6.60. The van der Waals surface area contributed by atoms with E-state index >= 15 is 0 Å². The smallest absolute Gasteiger partial charge is 0.308 e. The molecule has 1 amide bonds. The van der Waals surface area contributed by atoms with Crippen molar-refractivity contribution in [1.29, 1.82) is 0 Å². The highest BCUT2D eigenvalue weighted by Crippen LogP contribution is 2.31. The number of hydrogen-bond acceptors (Lipinski definition) is 4. The van der Waals surface area contributed by atoms with Crippen LogP contribution in [0.25, 0.3) is 0 Å². The van der Waals surface area contributed by atoms with Gasteiger partial charge in [-0.2, -0.15) is 0 Å². The fourth-order valence-electron chi connectivity index (χ4n) is 4.78. The summed E-state index contributed by atoms with van der Waals surface area (Å²) in [6, 6.07) is 17.9. The number of ether oxygens (including phenoxy) is 1. The lowest BCUT2D eigenvalue weighted by atomic mass is 9.91. The van der Waals surface area contributed by atoms with Gasteiger partial charge in [0.15, 0.2) is 0 Å². The largest absolute Gasteiger partial charge is 0.481 e. The van der Waals surface area contributed by atoms with E-state index in [1.807, 2.05) is 48.7 Å². The van der Waals surface area contributed by atoms with Crippen molar-refractivity contribution in [1.82, 2.24) is 14.5 Å². The standard InChI is InChI=1S/C26H27N3O4/c30-25(28-14-4-5-20(16-28)26(31)32)23-17-29-15-19(10-13-24(29)27-23)18-8-11-22(12-9-18)33-21-6-2-1-3-7-21/h1-3,6-9,11-12,17,19-20H,4-5,10,13-16H2,(H,31,32). The fourth-order valence-corrected chi connectivity index (χ4v) is 4.78. The quantitative estimate of drug-likeness (QED) is 0.631. The molecule has 2 unspecified atom stereocenters. The molecule has 1 N–H and O–H groups in total. The first-order valence-electron chi connectivity index (χ1n) is 11.5. The Bertz CT molecular complexity index is 1140. The lowest BCUT2D eigenvalue weighted by Crippen LogP contribution is -2.42. The molecule has 7 heteroatoms. The third-order valence-electron chi connectivity index (χ3n) is 6.60. The van der Waals surface area contributed by atoms with E-state index in [2.05, 4.69) is 21.7 Å². The summed E-state index contributed by atoms with van der Waals surface area (Å²) in [6.07, 6.45) is 4.94. The maximum atomic E-state index is 13.0. The Morgan fingerprint density at radius 1 is 0.970 bits per heavy atom. The van der Waals surface area contributed by atoms with Gasteiger partial charge in [-0.15, -0.1) is 0 Å². The minimum Gasteiger partial charge on any atom is -0.481 e. The van der Waals surface area contributed by atoms with Crippen LogP contribution in [0.4, 0.5) is 0 Å². The maximum Gasteiger partial charge on any atom is 0.308 e. The van der Waals surface area contributed by atoms with Gasteiger partial charge in [-0.05, 0) is 49.1 Å². The Hall–Kier alpha value is -3.61. The number of aliphatic carboxylic acids is 1. The van der Waals surface area contributed by atoms with Crippen LogP contribution in [-0.4, -0.2) is 44.5 Å². The summed E-state index contributed by atoms with van der Waals surface area (Å²) in [5.41, 5.74) is 1.66. The number of benzene rings is 2. The maximum absolute atomic E-state index is 13.0. The molecule has 0 saturated carbocycles. The summed E-state index contributed by atoms with van der Waals surface area (Å²) in [6.45, 7) is 1.62. The Labute approximate surface area is 192 Å². The molecule has 3 heterocycles. The van der Waals surface area contributed by atoms with E-state index in [-0.39, 0.29) is 12.5 Å². The summed E-state index contributed by atoms with van der Waals surface area (Å²) >= 11 is 0. The lowest BCUT2D eigenvalue weighted by Gasteiger charge is -2.30. The molecule has 0 spiro atoms. The number of aryl methyl sites for hydroxylation is 1. The number of carbonyl (C=O) groups excluding carboxylic acids is 1. The first-order valence-corrected chi connectivity index (χ1v) is 11.5. The second-order valence-electron chi connectivity index (χ2n) is 8.84. The van der Waals surface area contributed by atoms with E-state index in [9.17, 15) is 14.7 Å². The molecule has 1 saturated heterocycles. The molecule has 170 valence electrons. The van der Waals surface area contributed by atoms with Crippen LogP contribution in [0.5, 0.6) is 11.5 Å². The second-order valence-corrected chi connectivity index (χ2v) is 8.84. The van der Waals surface area contributed by atoms with E-state index in [0.717, 1.165) is 36.7 Å². The van der Waals surface area contributed by atoms with Gasteiger partial charge < -0.3 is 19.3 Å². The van der Waals surface area contributed by atoms with Gasteiger partial charge in [0.1, 0.15) is 23.0 Å². The van der Waals surface area contributed by atoms with Crippen molar-refractivity contribution in [3.63, 3.8) is 0 Å². The van der Waals surface area contributed by atoms with Crippen molar-refractivity contribution in [3.05, 3.63) is 77.9 Å². The summed E-state index contributed by atoms with van der Waals surface area (Å²) in [7, 11) is 0. The van der Waals surface area contributed by atoms with Crippen LogP contribution in [0.1, 0.15) is 47.1 Å². The normalized spacial score (nSPS) is 20.2. The fraction of sp³-hybridized carbons (Fsp3) is 0.346. The number of para-hydroxylation sites is 1. The number of rotatable bonds is 5. The van der Waals surface area contributed by atoms with E-state index in [0.29, 0.717) is 31.0 Å². The molecule has 1 fully saturated rings. The Balaban J connectivity index is 1.25. The molecule has 33 heavy (non-hydrogen) atoms. The van der Waals surface area contributed by atoms with Crippen LogP contribution in [0, 0.1) is 5.92 Å². The van der Waals surface area contributed by atoms with E-state index in [1.165, 1.54) is 5.56 Å². The van der Waals surface area contributed by atoms with Gasteiger partial charge >= 0.3 is 5.97 Å². The first kappa shape index (κ1) is 21.2. The molecule has 5 rings (SSSR count). The van der Waals surface area contributed by atoms with Gasteiger partial charge in [-0.25, -0.2) is 4.98 Å². The van der Waals surface area contributed by atoms with Crippen molar-refractivity contribution in [2.24, 2.45) is 5.92 Å². The van der Waals surface area contributed by atoms with Crippen molar-refractivity contribution in [2.45, 2.75) is 38.1 Å². The average Bonchev–Trinajstić information content (AvgIpc) is 3.28. The highest BCUT2D eigenvalue weighted by molar-refractivity contribution is 5.92. The second kappa shape index (κ2) is 9.10. The van der Waals surface area contributed by atoms with Crippen LogP contribution < -0.4 is 4.74 Å². The van der Waals surface area contributed by atoms with Crippen LogP contribution in [0.15, 0.2) is 60.8 Å². The van der Waals surface area contributed by atoms with Crippen LogP contribution >= 0.6 is 0 Å². The highest BCUT2D eigenvalue weighted by atomic mass is 16.5. The van der Waals surface area contributed by atoms with Crippen molar-refractivity contribution in [2.75, 3.05) is 13.1 Å². The number of likely N-dealkylation sites (tertiary alicyclic amines) is 1. The molecule has 2 aliphatic heterocycles. The van der Waals surface area contributed by atoms with E-state index in [4.69, 9.17) is 4.74 Å². The number of nitrogens with zero attached hydrogens (tertiary/aromatic N) is 3. The molecular formula is C26H27N3O4. The number of carboxylic acid groups (broad SMARTS) is 1. The van der Waals surface area contributed by atoms with Gasteiger partial charge in [-0.3, -0.25) is 9.59 Å². The molecule has 0 bridgehead atoms. The monoisotopic (exact) mass is 445 g/mol. The summed E-state index contributed by atoms with van der Waals surface area (Å²) in [5, 5.41) is 9.30.